The minimum absolute atomic E-state index is 0.0585. The fraction of sp³-hybridized carbons (Fsp3) is 0.444. The number of likely N-dealkylation sites (tertiary alicyclic amines) is 1. The monoisotopic (exact) mass is 830 g/mol. The summed E-state index contributed by atoms with van der Waals surface area (Å²) in [7, 11) is 3.19. The summed E-state index contributed by atoms with van der Waals surface area (Å²) >= 11 is 0. The molecule has 1 N–H and O–H groups in total. The van der Waals surface area contributed by atoms with E-state index < -0.39 is 41.3 Å². The molecule has 2 heterocycles. The average Bonchev–Trinajstić information content (AvgIpc) is 3.21. The largest absolute Gasteiger partial charge is 0.497 e. The van der Waals surface area contributed by atoms with Gasteiger partial charge in [-0.3, -0.25) is 0 Å². The number of carbonyl (C=O) groups excluding carboxylic acids is 1. The van der Waals surface area contributed by atoms with Crippen LogP contribution < -0.4 is 14.8 Å². The van der Waals surface area contributed by atoms with Crippen LogP contribution >= 0.6 is 0 Å². The van der Waals surface area contributed by atoms with Gasteiger partial charge >= 0.3 is 18.4 Å². The number of halogens is 6. The van der Waals surface area contributed by atoms with Crippen LogP contribution in [0.4, 0.5) is 31.1 Å². The summed E-state index contributed by atoms with van der Waals surface area (Å²) in [6.07, 6.45) is -8.66. The van der Waals surface area contributed by atoms with Crippen molar-refractivity contribution >= 4 is 6.09 Å². The van der Waals surface area contributed by atoms with Gasteiger partial charge in [0.1, 0.15) is 17.1 Å². The van der Waals surface area contributed by atoms with Gasteiger partial charge in [-0.2, -0.15) is 26.3 Å². The molecule has 14 heteroatoms. The molecule has 0 bridgehead atoms. The van der Waals surface area contributed by atoms with Crippen LogP contribution in [0.2, 0.25) is 0 Å². The SMILES string of the molecule is COc1ccc(COC2CN(C(=O)OC(C)(C)C)CCC2c2cccc(C(F)(F)F)c2)cc1.COc1ccc(COC2CNCCC2c2cccc(C(F)(F)F)c2)cc1. The molecule has 320 valence electrons. The van der Waals surface area contributed by atoms with E-state index in [4.69, 9.17) is 23.7 Å². The standard InChI is InChI=1S/C25H30F3NO4.C20H22F3NO2/c1-24(2,3)33-23(30)29-13-12-21(18-6-5-7-19(14-18)25(26,27)28)22(15-29)32-16-17-8-10-20(31-4)11-9-17;1-25-17-7-5-14(6-8-17)13-26-19-12-24-10-9-18(19)15-3-2-4-16(11-15)20(21,22)23/h5-11,14,21-22H,12-13,15-16H2,1-4H3;2-8,11,18-19,24H,9-10,12-13H2,1H3. The smallest absolute Gasteiger partial charge is 0.416 e. The molecule has 4 unspecified atom stereocenters. The summed E-state index contributed by atoms with van der Waals surface area (Å²) in [6, 6.07) is 25.9. The topological polar surface area (TPSA) is 78.5 Å². The van der Waals surface area contributed by atoms with Gasteiger partial charge in [0.15, 0.2) is 0 Å². The van der Waals surface area contributed by atoms with Crippen molar-refractivity contribution in [1.29, 1.82) is 0 Å². The zero-order valence-corrected chi connectivity index (χ0v) is 33.9. The number of benzene rings is 4. The molecule has 0 radical (unpaired) electrons. The van der Waals surface area contributed by atoms with Crippen LogP contribution in [-0.2, 0) is 39.8 Å². The second-order valence-corrected chi connectivity index (χ2v) is 15.6. The first-order valence-electron chi connectivity index (χ1n) is 19.5. The van der Waals surface area contributed by atoms with E-state index in [1.165, 1.54) is 24.3 Å². The summed E-state index contributed by atoms with van der Waals surface area (Å²) < 4.78 is 107. The second-order valence-electron chi connectivity index (χ2n) is 15.6. The Labute approximate surface area is 341 Å². The number of amides is 1. The van der Waals surface area contributed by atoms with Gasteiger partial charge in [-0.05, 0) is 98.8 Å². The molecular weight excluding hydrogens is 778 g/mol. The van der Waals surface area contributed by atoms with Crippen molar-refractivity contribution in [3.8, 4) is 11.5 Å². The highest BCUT2D eigenvalue weighted by Crippen LogP contribution is 2.37. The number of nitrogens with one attached hydrogen (secondary N) is 1. The average molecular weight is 831 g/mol. The number of nitrogens with zero attached hydrogens (tertiary/aromatic N) is 1. The van der Waals surface area contributed by atoms with Gasteiger partial charge in [-0.1, -0.05) is 60.7 Å². The molecule has 4 aromatic rings. The van der Waals surface area contributed by atoms with E-state index >= 15 is 0 Å². The predicted octanol–water partition coefficient (Wildman–Crippen LogP) is 10.4. The summed E-state index contributed by atoms with van der Waals surface area (Å²) in [5.41, 5.74) is 1.18. The van der Waals surface area contributed by atoms with Crippen molar-refractivity contribution < 1.29 is 54.8 Å². The fourth-order valence-electron chi connectivity index (χ4n) is 7.09. The Morgan fingerprint density at radius 1 is 0.678 bits per heavy atom. The number of hydrogen-bond donors (Lipinski definition) is 1. The molecule has 4 atom stereocenters. The molecule has 6 rings (SSSR count). The molecule has 8 nitrogen and oxygen atoms in total. The minimum Gasteiger partial charge on any atom is -0.497 e. The second kappa shape index (κ2) is 20.0. The third kappa shape index (κ3) is 13.4. The lowest BCUT2D eigenvalue weighted by Crippen LogP contribution is -2.48. The number of carbonyl (C=O) groups is 1. The van der Waals surface area contributed by atoms with E-state index in [2.05, 4.69) is 5.32 Å². The lowest BCUT2D eigenvalue weighted by molar-refractivity contribution is -0.138. The van der Waals surface area contributed by atoms with Crippen LogP contribution in [0.5, 0.6) is 11.5 Å². The summed E-state index contributed by atoms with van der Waals surface area (Å²) in [4.78, 5) is 14.2. The molecule has 0 saturated carbocycles. The maximum absolute atomic E-state index is 13.3. The van der Waals surface area contributed by atoms with Crippen molar-refractivity contribution in [2.45, 2.75) is 88.8 Å². The van der Waals surface area contributed by atoms with Gasteiger partial charge in [-0.15, -0.1) is 0 Å². The van der Waals surface area contributed by atoms with Gasteiger partial charge in [-0.25, -0.2) is 4.79 Å². The van der Waals surface area contributed by atoms with Crippen molar-refractivity contribution in [3.05, 3.63) is 130 Å². The normalized spacial score (nSPS) is 19.9. The highest BCUT2D eigenvalue weighted by atomic mass is 19.4. The van der Waals surface area contributed by atoms with Gasteiger partial charge in [0.2, 0.25) is 0 Å². The predicted molar refractivity (Wildman–Crippen MR) is 211 cm³/mol. The van der Waals surface area contributed by atoms with Gasteiger partial charge in [0, 0.05) is 24.9 Å². The Morgan fingerprint density at radius 3 is 1.61 bits per heavy atom. The van der Waals surface area contributed by atoms with Crippen LogP contribution in [0.3, 0.4) is 0 Å². The van der Waals surface area contributed by atoms with E-state index in [0.717, 1.165) is 42.0 Å². The Balaban J connectivity index is 0.000000230. The van der Waals surface area contributed by atoms with Crippen molar-refractivity contribution in [2.24, 2.45) is 0 Å². The molecule has 0 aromatic heterocycles. The van der Waals surface area contributed by atoms with Crippen LogP contribution in [0.25, 0.3) is 0 Å². The lowest BCUT2D eigenvalue weighted by atomic mass is 9.86. The third-order valence-electron chi connectivity index (χ3n) is 10.2. The van der Waals surface area contributed by atoms with Crippen LogP contribution in [0.1, 0.15) is 78.8 Å². The zero-order valence-electron chi connectivity index (χ0n) is 33.9. The summed E-state index contributed by atoms with van der Waals surface area (Å²) in [6.45, 7) is 8.02. The maximum Gasteiger partial charge on any atom is 0.416 e. The summed E-state index contributed by atoms with van der Waals surface area (Å²) in [5, 5.41) is 3.27. The number of ether oxygens (including phenoxy) is 5. The summed E-state index contributed by atoms with van der Waals surface area (Å²) in [5.74, 6) is 1.14. The first kappa shape index (κ1) is 45.3. The number of methoxy groups -OCH3 is 2. The van der Waals surface area contributed by atoms with Crippen LogP contribution in [-0.4, -0.2) is 69.2 Å². The van der Waals surface area contributed by atoms with E-state index in [1.807, 2.05) is 48.5 Å². The number of rotatable bonds is 10. The van der Waals surface area contributed by atoms with E-state index in [9.17, 15) is 31.1 Å². The molecule has 4 aromatic carbocycles. The Bertz CT molecular complexity index is 1930. The van der Waals surface area contributed by atoms with Crippen molar-refractivity contribution in [3.63, 3.8) is 0 Å². The fourth-order valence-corrected chi connectivity index (χ4v) is 7.09. The third-order valence-corrected chi connectivity index (χ3v) is 10.2. The first-order chi connectivity index (χ1) is 27.9. The number of hydrogen-bond acceptors (Lipinski definition) is 7. The maximum atomic E-state index is 13.3. The van der Waals surface area contributed by atoms with E-state index in [1.54, 1.807) is 52.0 Å². The Kier molecular flexibility index (Phi) is 15.3. The van der Waals surface area contributed by atoms with E-state index in [-0.39, 0.29) is 31.1 Å². The van der Waals surface area contributed by atoms with Gasteiger partial charge in [0.05, 0.1) is 57.3 Å². The van der Waals surface area contributed by atoms with E-state index in [0.29, 0.717) is 43.0 Å². The molecule has 1 amide bonds. The zero-order chi connectivity index (χ0) is 42.8. The highest BCUT2D eigenvalue weighted by Gasteiger charge is 2.37. The number of piperidine rings is 2. The molecular formula is C45H52F6N2O6. The minimum atomic E-state index is -4.42. The molecule has 2 aliphatic rings. The Morgan fingerprint density at radius 2 is 1.15 bits per heavy atom. The quantitative estimate of drug-likeness (QED) is 0.160. The van der Waals surface area contributed by atoms with Gasteiger partial charge < -0.3 is 33.9 Å². The van der Waals surface area contributed by atoms with Crippen LogP contribution in [0, 0.1) is 0 Å². The number of alkyl halides is 6. The van der Waals surface area contributed by atoms with Crippen LogP contribution in [0.15, 0.2) is 97.1 Å². The first-order valence-corrected chi connectivity index (χ1v) is 19.5. The lowest BCUT2D eigenvalue weighted by Gasteiger charge is -2.39. The van der Waals surface area contributed by atoms with Crippen molar-refractivity contribution in [2.75, 3.05) is 40.4 Å². The molecule has 59 heavy (non-hydrogen) atoms. The molecule has 2 aliphatic heterocycles. The molecule has 2 fully saturated rings. The highest BCUT2D eigenvalue weighted by molar-refractivity contribution is 5.68. The van der Waals surface area contributed by atoms with Gasteiger partial charge in [0.25, 0.3) is 0 Å². The Hall–Kier alpha value is -4.79. The molecule has 0 spiro atoms. The van der Waals surface area contributed by atoms with Crippen molar-refractivity contribution in [1.82, 2.24) is 10.2 Å². The molecule has 0 aliphatic carbocycles. The molecule has 2 saturated heterocycles.